The summed E-state index contributed by atoms with van der Waals surface area (Å²) in [5.74, 6) is -0.470. The standard InChI is InChI=1S/C17H18N4O3/c1-4-24-15(22)9-20-10-18-16-13(17(20)23)8-19-21(16)14-7-5-6-11(2)12(14)3/h5-8,10H,4,9H2,1-3H3. The minimum Gasteiger partial charge on any atom is -0.465 e. The van der Waals surface area contributed by atoms with E-state index in [1.54, 1.807) is 11.6 Å². The van der Waals surface area contributed by atoms with Crippen LogP contribution in [0.25, 0.3) is 16.7 Å². The number of aromatic nitrogens is 4. The van der Waals surface area contributed by atoms with Crippen LogP contribution >= 0.6 is 0 Å². The number of nitrogens with zero attached hydrogens (tertiary/aromatic N) is 4. The molecule has 0 radical (unpaired) electrons. The van der Waals surface area contributed by atoms with Crippen LogP contribution in [0.3, 0.4) is 0 Å². The molecule has 0 N–H and O–H groups in total. The van der Waals surface area contributed by atoms with Gasteiger partial charge in [0, 0.05) is 0 Å². The average Bonchev–Trinajstić information content (AvgIpc) is 2.97. The molecule has 2 heterocycles. The first kappa shape index (κ1) is 15.9. The van der Waals surface area contributed by atoms with Crippen molar-refractivity contribution < 1.29 is 9.53 Å². The van der Waals surface area contributed by atoms with Gasteiger partial charge in [0.2, 0.25) is 0 Å². The highest BCUT2D eigenvalue weighted by Gasteiger charge is 2.14. The van der Waals surface area contributed by atoms with Crippen molar-refractivity contribution in [2.75, 3.05) is 6.61 Å². The summed E-state index contributed by atoms with van der Waals surface area (Å²) in [5, 5.41) is 4.67. The monoisotopic (exact) mass is 326 g/mol. The minimum absolute atomic E-state index is 0.162. The van der Waals surface area contributed by atoms with Crippen molar-refractivity contribution in [3.05, 3.63) is 52.2 Å². The number of carbonyl (C=O) groups excluding carboxylic acids is 1. The number of ether oxygens (including phenoxy) is 1. The Labute approximate surface area is 138 Å². The molecule has 0 aliphatic rings. The van der Waals surface area contributed by atoms with E-state index in [0.717, 1.165) is 16.8 Å². The lowest BCUT2D eigenvalue weighted by molar-refractivity contribution is -0.143. The molecule has 3 rings (SSSR count). The summed E-state index contributed by atoms with van der Waals surface area (Å²) in [7, 11) is 0. The van der Waals surface area contributed by atoms with E-state index in [2.05, 4.69) is 10.1 Å². The molecule has 124 valence electrons. The molecule has 2 aromatic heterocycles. The number of hydrogen-bond acceptors (Lipinski definition) is 5. The summed E-state index contributed by atoms with van der Waals surface area (Å²) >= 11 is 0. The van der Waals surface area contributed by atoms with Crippen LogP contribution in [-0.2, 0) is 16.1 Å². The van der Waals surface area contributed by atoms with Gasteiger partial charge in [0.05, 0.1) is 18.5 Å². The van der Waals surface area contributed by atoms with Crippen LogP contribution in [0, 0.1) is 13.8 Å². The second-order valence-corrected chi connectivity index (χ2v) is 5.50. The second kappa shape index (κ2) is 6.27. The summed E-state index contributed by atoms with van der Waals surface area (Å²) in [4.78, 5) is 28.4. The quantitative estimate of drug-likeness (QED) is 0.683. The van der Waals surface area contributed by atoms with Gasteiger partial charge in [-0.25, -0.2) is 9.67 Å². The van der Waals surface area contributed by atoms with E-state index in [-0.39, 0.29) is 18.7 Å². The molecule has 0 unspecified atom stereocenters. The van der Waals surface area contributed by atoms with Crippen LogP contribution in [0.2, 0.25) is 0 Å². The Kier molecular flexibility index (Phi) is 4.16. The highest BCUT2D eigenvalue weighted by Crippen LogP contribution is 2.19. The summed E-state index contributed by atoms with van der Waals surface area (Å²) in [6.07, 6.45) is 2.83. The normalized spacial score (nSPS) is 11.0. The number of aryl methyl sites for hydroxylation is 1. The van der Waals surface area contributed by atoms with Gasteiger partial charge in [-0.2, -0.15) is 5.10 Å². The minimum atomic E-state index is -0.470. The number of rotatable bonds is 4. The number of esters is 1. The van der Waals surface area contributed by atoms with Gasteiger partial charge >= 0.3 is 5.97 Å². The van der Waals surface area contributed by atoms with Crippen LogP contribution in [0.15, 0.2) is 35.5 Å². The third kappa shape index (κ3) is 2.68. The fourth-order valence-electron chi connectivity index (χ4n) is 2.55. The molecule has 0 aliphatic heterocycles. The van der Waals surface area contributed by atoms with Gasteiger partial charge in [0.25, 0.3) is 5.56 Å². The Morgan fingerprint density at radius 1 is 1.29 bits per heavy atom. The molecule has 7 heteroatoms. The summed E-state index contributed by atoms with van der Waals surface area (Å²) in [6, 6.07) is 5.89. The lowest BCUT2D eigenvalue weighted by Crippen LogP contribution is -2.25. The van der Waals surface area contributed by atoms with Crippen LogP contribution in [0.5, 0.6) is 0 Å². The first-order valence-electron chi connectivity index (χ1n) is 7.68. The Hall–Kier alpha value is -2.96. The summed E-state index contributed by atoms with van der Waals surface area (Å²) in [6.45, 7) is 5.85. The third-order valence-corrected chi connectivity index (χ3v) is 3.96. The van der Waals surface area contributed by atoms with E-state index in [0.29, 0.717) is 11.0 Å². The van der Waals surface area contributed by atoms with Gasteiger partial charge in [-0.05, 0) is 38.0 Å². The van der Waals surface area contributed by atoms with Crippen molar-refractivity contribution >= 4 is 17.0 Å². The van der Waals surface area contributed by atoms with E-state index >= 15 is 0 Å². The SMILES string of the molecule is CCOC(=O)Cn1cnc2c(cnn2-c2cccc(C)c2C)c1=O. The molecular weight excluding hydrogens is 308 g/mol. The van der Waals surface area contributed by atoms with E-state index in [4.69, 9.17) is 4.74 Å². The van der Waals surface area contributed by atoms with E-state index in [1.165, 1.54) is 17.1 Å². The molecule has 0 fully saturated rings. The van der Waals surface area contributed by atoms with Crippen molar-refractivity contribution in [3.63, 3.8) is 0 Å². The molecular formula is C17H18N4O3. The second-order valence-electron chi connectivity index (χ2n) is 5.50. The predicted molar refractivity (Wildman–Crippen MR) is 89.2 cm³/mol. The summed E-state index contributed by atoms with van der Waals surface area (Å²) < 4.78 is 7.75. The highest BCUT2D eigenvalue weighted by molar-refractivity contribution is 5.76. The number of hydrogen-bond donors (Lipinski definition) is 0. The first-order chi connectivity index (χ1) is 11.5. The van der Waals surface area contributed by atoms with Crippen LogP contribution < -0.4 is 5.56 Å². The van der Waals surface area contributed by atoms with E-state index < -0.39 is 5.97 Å². The van der Waals surface area contributed by atoms with Crippen molar-refractivity contribution in [2.24, 2.45) is 0 Å². The fraction of sp³-hybridized carbons (Fsp3) is 0.294. The molecule has 0 bridgehead atoms. The lowest BCUT2D eigenvalue weighted by atomic mass is 10.1. The van der Waals surface area contributed by atoms with Gasteiger partial charge < -0.3 is 4.74 Å². The fourth-order valence-corrected chi connectivity index (χ4v) is 2.55. The highest BCUT2D eigenvalue weighted by atomic mass is 16.5. The Balaban J connectivity index is 2.09. The third-order valence-electron chi connectivity index (χ3n) is 3.96. The Morgan fingerprint density at radius 3 is 2.83 bits per heavy atom. The van der Waals surface area contributed by atoms with Crippen molar-refractivity contribution in [1.29, 1.82) is 0 Å². The maximum absolute atomic E-state index is 12.5. The van der Waals surface area contributed by atoms with Crippen molar-refractivity contribution in [1.82, 2.24) is 19.3 Å². The molecule has 0 atom stereocenters. The Morgan fingerprint density at radius 2 is 2.08 bits per heavy atom. The van der Waals surface area contributed by atoms with Crippen molar-refractivity contribution in [3.8, 4) is 5.69 Å². The molecule has 7 nitrogen and oxygen atoms in total. The topological polar surface area (TPSA) is 79.0 Å². The largest absolute Gasteiger partial charge is 0.465 e. The molecule has 0 aliphatic carbocycles. The smallest absolute Gasteiger partial charge is 0.326 e. The zero-order valence-electron chi connectivity index (χ0n) is 13.8. The average molecular weight is 326 g/mol. The van der Waals surface area contributed by atoms with E-state index in [9.17, 15) is 9.59 Å². The molecule has 0 amide bonds. The van der Waals surface area contributed by atoms with Crippen LogP contribution in [-0.4, -0.2) is 31.9 Å². The number of benzene rings is 1. The lowest BCUT2D eigenvalue weighted by Gasteiger charge is -2.09. The molecule has 24 heavy (non-hydrogen) atoms. The molecule has 0 saturated carbocycles. The van der Waals surface area contributed by atoms with Gasteiger partial charge in [-0.1, -0.05) is 12.1 Å². The van der Waals surface area contributed by atoms with Crippen LogP contribution in [0.1, 0.15) is 18.1 Å². The van der Waals surface area contributed by atoms with Gasteiger partial charge in [0.15, 0.2) is 5.65 Å². The maximum atomic E-state index is 12.5. The van der Waals surface area contributed by atoms with Crippen LogP contribution in [0.4, 0.5) is 0 Å². The van der Waals surface area contributed by atoms with Gasteiger partial charge in [-0.15, -0.1) is 0 Å². The van der Waals surface area contributed by atoms with Gasteiger partial charge in [0.1, 0.15) is 18.3 Å². The molecule has 0 saturated heterocycles. The van der Waals surface area contributed by atoms with Gasteiger partial charge in [-0.3, -0.25) is 14.2 Å². The zero-order chi connectivity index (χ0) is 17.3. The molecule has 3 aromatic rings. The predicted octanol–water partition coefficient (Wildman–Crippen LogP) is 1.76. The maximum Gasteiger partial charge on any atom is 0.326 e. The molecule has 1 aromatic carbocycles. The first-order valence-corrected chi connectivity index (χ1v) is 7.68. The molecule has 0 spiro atoms. The summed E-state index contributed by atoms with van der Waals surface area (Å²) in [5.41, 5.74) is 3.23. The Bertz CT molecular complexity index is 972. The van der Waals surface area contributed by atoms with Crippen molar-refractivity contribution in [2.45, 2.75) is 27.3 Å². The zero-order valence-corrected chi connectivity index (χ0v) is 13.8. The van der Waals surface area contributed by atoms with E-state index in [1.807, 2.05) is 32.0 Å². The number of fused-ring (bicyclic) bond motifs is 1. The number of carbonyl (C=O) groups is 1.